The molecule has 0 spiro atoms. The molecule has 196 valence electrons. The molecule has 3 N–H and O–H groups in total. The summed E-state index contributed by atoms with van der Waals surface area (Å²) in [6.45, 7) is 6.21. The van der Waals surface area contributed by atoms with Gasteiger partial charge in [0.1, 0.15) is 11.5 Å². The quantitative estimate of drug-likeness (QED) is 0.363. The SMILES string of the molecule is CN(C)Cc1ccc2c(N)cn(-c3cccc(-n4ncc5cc(C(C)(C)C)cc(F)c5c4=O)c3CO)c2n1. The van der Waals surface area contributed by atoms with Gasteiger partial charge in [-0.25, -0.2) is 9.37 Å². The van der Waals surface area contributed by atoms with Crippen LogP contribution in [0.1, 0.15) is 37.6 Å². The molecule has 0 bridgehead atoms. The van der Waals surface area contributed by atoms with E-state index in [0.717, 1.165) is 21.3 Å². The maximum atomic E-state index is 15.2. The molecule has 3 aromatic heterocycles. The van der Waals surface area contributed by atoms with Crippen molar-refractivity contribution in [2.24, 2.45) is 0 Å². The molecular weight excluding hydrogens is 483 g/mol. The zero-order valence-electron chi connectivity index (χ0n) is 22.2. The van der Waals surface area contributed by atoms with Gasteiger partial charge in [-0.1, -0.05) is 26.8 Å². The van der Waals surface area contributed by atoms with Crippen LogP contribution in [0.15, 0.2) is 59.7 Å². The molecule has 0 atom stereocenters. The largest absolute Gasteiger partial charge is 0.397 e. The lowest BCUT2D eigenvalue weighted by Crippen LogP contribution is -2.24. The van der Waals surface area contributed by atoms with Gasteiger partial charge in [0.25, 0.3) is 5.56 Å². The molecule has 3 heterocycles. The van der Waals surface area contributed by atoms with Crippen molar-refractivity contribution >= 4 is 27.5 Å². The molecule has 0 saturated carbocycles. The van der Waals surface area contributed by atoms with E-state index in [4.69, 9.17) is 10.7 Å². The summed E-state index contributed by atoms with van der Waals surface area (Å²) in [5.41, 5.74) is 9.61. The first kappa shape index (κ1) is 25.6. The summed E-state index contributed by atoms with van der Waals surface area (Å²) in [6, 6.07) is 12.3. The summed E-state index contributed by atoms with van der Waals surface area (Å²) in [5.74, 6) is -0.600. The lowest BCUT2D eigenvalue weighted by Gasteiger charge is -2.20. The summed E-state index contributed by atoms with van der Waals surface area (Å²) < 4.78 is 18.2. The third kappa shape index (κ3) is 4.33. The van der Waals surface area contributed by atoms with Gasteiger partial charge in [0, 0.05) is 29.1 Å². The molecular formula is C29H31FN6O2. The molecule has 5 aromatic rings. The Morgan fingerprint density at radius 2 is 1.84 bits per heavy atom. The van der Waals surface area contributed by atoms with Crippen LogP contribution in [-0.4, -0.2) is 43.4 Å². The number of nitrogen functional groups attached to an aromatic ring is 1. The average molecular weight is 515 g/mol. The maximum absolute atomic E-state index is 15.2. The van der Waals surface area contributed by atoms with Crippen LogP contribution in [0.4, 0.5) is 10.1 Å². The Hall–Kier alpha value is -4.08. The average Bonchev–Trinajstić information content (AvgIpc) is 3.18. The third-order valence-electron chi connectivity index (χ3n) is 6.70. The number of rotatable bonds is 5. The first-order chi connectivity index (χ1) is 18.0. The minimum absolute atomic E-state index is 0.0482. The lowest BCUT2D eigenvalue weighted by atomic mass is 9.86. The number of aliphatic hydroxyl groups is 1. The second kappa shape index (κ2) is 9.34. The zero-order valence-corrected chi connectivity index (χ0v) is 22.2. The van der Waals surface area contributed by atoms with Crippen molar-refractivity contribution in [1.29, 1.82) is 0 Å². The first-order valence-electron chi connectivity index (χ1n) is 12.4. The van der Waals surface area contributed by atoms with E-state index in [1.54, 1.807) is 29.0 Å². The summed E-state index contributed by atoms with van der Waals surface area (Å²) in [7, 11) is 3.93. The van der Waals surface area contributed by atoms with Crippen molar-refractivity contribution in [3.63, 3.8) is 0 Å². The Morgan fingerprint density at radius 1 is 1.11 bits per heavy atom. The summed E-state index contributed by atoms with van der Waals surface area (Å²) in [5, 5.41) is 16.0. The highest BCUT2D eigenvalue weighted by molar-refractivity contribution is 5.91. The second-order valence-corrected chi connectivity index (χ2v) is 10.8. The van der Waals surface area contributed by atoms with Gasteiger partial charge in [-0.3, -0.25) is 9.36 Å². The van der Waals surface area contributed by atoms with Gasteiger partial charge in [0.15, 0.2) is 0 Å². The molecule has 0 aliphatic carbocycles. The maximum Gasteiger partial charge on any atom is 0.282 e. The van der Waals surface area contributed by atoms with E-state index in [-0.39, 0.29) is 17.4 Å². The Kier molecular flexibility index (Phi) is 6.28. The molecule has 0 aliphatic heterocycles. The van der Waals surface area contributed by atoms with Crippen molar-refractivity contribution in [1.82, 2.24) is 24.2 Å². The van der Waals surface area contributed by atoms with E-state index in [9.17, 15) is 9.90 Å². The highest BCUT2D eigenvalue weighted by Gasteiger charge is 2.21. The predicted molar refractivity (Wildman–Crippen MR) is 148 cm³/mol. The van der Waals surface area contributed by atoms with E-state index in [0.29, 0.717) is 40.2 Å². The molecule has 0 amide bonds. The Morgan fingerprint density at radius 3 is 2.53 bits per heavy atom. The van der Waals surface area contributed by atoms with Gasteiger partial charge in [-0.15, -0.1) is 0 Å². The first-order valence-corrected chi connectivity index (χ1v) is 12.4. The van der Waals surface area contributed by atoms with Crippen molar-refractivity contribution in [2.45, 2.75) is 39.3 Å². The van der Waals surface area contributed by atoms with E-state index < -0.39 is 11.4 Å². The molecule has 8 nitrogen and oxygen atoms in total. The normalized spacial score (nSPS) is 12.2. The van der Waals surface area contributed by atoms with Gasteiger partial charge in [-0.2, -0.15) is 9.78 Å². The van der Waals surface area contributed by atoms with Gasteiger partial charge in [0.2, 0.25) is 0 Å². The molecule has 9 heteroatoms. The number of benzene rings is 2. The number of aromatic nitrogens is 4. The third-order valence-corrected chi connectivity index (χ3v) is 6.70. The van der Waals surface area contributed by atoms with Gasteiger partial charge in [-0.05, 0) is 61.5 Å². The number of aliphatic hydroxyl groups excluding tert-OH is 1. The zero-order chi connectivity index (χ0) is 27.4. The Bertz CT molecular complexity index is 1750. The number of pyridine rings is 1. The second-order valence-electron chi connectivity index (χ2n) is 10.8. The number of anilines is 1. The van der Waals surface area contributed by atoms with Crippen LogP contribution in [0, 0.1) is 5.82 Å². The van der Waals surface area contributed by atoms with Crippen LogP contribution in [0.2, 0.25) is 0 Å². The molecule has 38 heavy (non-hydrogen) atoms. The molecule has 0 fully saturated rings. The number of fused-ring (bicyclic) bond motifs is 2. The number of hydrogen-bond donors (Lipinski definition) is 2. The van der Waals surface area contributed by atoms with Crippen LogP contribution in [0.5, 0.6) is 0 Å². The molecule has 2 aromatic carbocycles. The fourth-order valence-electron chi connectivity index (χ4n) is 4.75. The highest BCUT2D eigenvalue weighted by atomic mass is 19.1. The van der Waals surface area contributed by atoms with E-state index in [2.05, 4.69) is 5.10 Å². The van der Waals surface area contributed by atoms with Gasteiger partial charge in [0.05, 0.1) is 40.9 Å². The lowest BCUT2D eigenvalue weighted by molar-refractivity contribution is 0.281. The molecule has 0 radical (unpaired) electrons. The monoisotopic (exact) mass is 514 g/mol. The summed E-state index contributed by atoms with van der Waals surface area (Å²) in [4.78, 5) is 20.4. The molecule has 0 aliphatic rings. The number of halogens is 1. The minimum Gasteiger partial charge on any atom is -0.397 e. The van der Waals surface area contributed by atoms with Gasteiger partial charge < -0.3 is 15.7 Å². The number of hydrogen-bond acceptors (Lipinski definition) is 6. The van der Waals surface area contributed by atoms with E-state index in [1.807, 2.05) is 58.0 Å². The fourth-order valence-corrected chi connectivity index (χ4v) is 4.75. The number of nitrogens with zero attached hydrogens (tertiary/aromatic N) is 5. The van der Waals surface area contributed by atoms with Gasteiger partial charge >= 0.3 is 0 Å². The smallest absolute Gasteiger partial charge is 0.282 e. The molecule has 0 unspecified atom stereocenters. The van der Waals surface area contributed by atoms with Crippen LogP contribution < -0.4 is 11.3 Å². The highest BCUT2D eigenvalue weighted by Crippen LogP contribution is 2.31. The van der Waals surface area contributed by atoms with Crippen molar-refractivity contribution < 1.29 is 9.50 Å². The van der Waals surface area contributed by atoms with E-state index in [1.165, 1.54) is 12.3 Å². The Labute approximate surface area is 219 Å². The van der Waals surface area contributed by atoms with Crippen LogP contribution in [0.25, 0.3) is 33.2 Å². The summed E-state index contributed by atoms with van der Waals surface area (Å²) in [6.07, 6.45) is 3.24. The van der Waals surface area contributed by atoms with E-state index >= 15 is 4.39 Å². The van der Waals surface area contributed by atoms with Crippen molar-refractivity contribution in [3.05, 3.63) is 87.9 Å². The van der Waals surface area contributed by atoms with Crippen LogP contribution >= 0.6 is 0 Å². The standard InChI is InChI=1S/C29H31FN6O2/c1-29(2,3)18-11-17-13-32-36(28(38)26(17)22(30)12-18)25-8-6-7-24(21(25)16-37)35-15-23(31)20-10-9-19(14-34(4)5)33-27(20)35/h6-13,15,37H,14,16,31H2,1-5H3. The fraction of sp³-hybridized carbons (Fsp3) is 0.276. The van der Waals surface area contributed by atoms with Crippen molar-refractivity contribution in [3.8, 4) is 11.4 Å². The van der Waals surface area contributed by atoms with Crippen molar-refractivity contribution in [2.75, 3.05) is 19.8 Å². The van der Waals surface area contributed by atoms with Crippen LogP contribution in [0.3, 0.4) is 0 Å². The Balaban J connectivity index is 1.72. The topological polar surface area (TPSA) is 102 Å². The molecule has 0 saturated heterocycles. The molecule has 5 rings (SSSR count). The summed E-state index contributed by atoms with van der Waals surface area (Å²) >= 11 is 0. The van der Waals surface area contributed by atoms with Crippen LogP contribution in [-0.2, 0) is 18.6 Å². The predicted octanol–water partition coefficient (Wildman–Crippen LogP) is 4.30. The minimum atomic E-state index is -0.601. The number of nitrogens with two attached hydrogens (primary N) is 1.